The predicted molar refractivity (Wildman–Crippen MR) is 145 cm³/mol. The quantitative estimate of drug-likeness (QED) is 0.335. The molecular weight excluding hydrogens is 551 g/mol. The second kappa shape index (κ2) is 12.6. The number of para-hydroxylation sites is 1. The van der Waals surface area contributed by atoms with E-state index in [9.17, 15) is 18.0 Å². The Bertz CT molecular complexity index is 1410. The molecule has 200 valence electrons. The average molecular weight is 577 g/mol. The largest absolute Gasteiger partial charge is 0.488 e. The highest BCUT2D eigenvalue weighted by Crippen LogP contribution is 2.25. The van der Waals surface area contributed by atoms with Crippen LogP contribution < -0.4 is 10.1 Å². The standard InChI is InChI=1S/C27H26Cl2N2O6S/c28-20-9-8-19(24(29)16-20)17-36-25-7-3-2-6-23(25)27(33)37-18-26(32)30-21-10-12-22(13-11-21)38(34,35)31-14-4-1-5-15-31/h2-3,6-13,16H,1,4-5,14-15,17-18H2,(H,30,32). The van der Waals surface area contributed by atoms with Crippen LogP contribution in [0.5, 0.6) is 5.75 Å². The SMILES string of the molecule is O=C(COC(=O)c1ccccc1OCc1ccc(Cl)cc1Cl)Nc1ccc(S(=O)(=O)N2CCCCC2)cc1. The van der Waals surface area contributed by atoms with E-state index >= 15 is 0 Å². The van der Waals surface area contributed by atoms with Gasteiger partial charge in [0.25, 0.3) is 5.91 Å². The topological polar surface area (TPSA) is 102 Å². The first-order valence-corrected chi connectivity index (χ1v) is 14.2. The monoisotopic (exact) mass is 576 g/mol. The van der Waals surface area contributed by atoms with Crippen molar-refractivity contribution in [3.05, 3.63) is 87.9 Å². The van der Waals surface area contributed by atoms with Crippen LogP contribution in [-0.4, -0.2) is 44.3 Å². The summed E-state index contributed by atoms with van der Waals surface area (Å²) < 4.78 is 38.0. The van der Waals surface area contributed by atoms with Crippen molar-refractivity contribution in [1.82, 2.24) is 4.31 Å². The maximum Gasteiger partial charge on any atom is 0.342 e. The number of nitrogens with one attached hydrogen (secondary N) is 1. The number of carbonyl (C=O) groups excluding carboxylic acids is 2. The molecule has 38 heavy (non-hydrogen) atoms. The number of hydrogen-bond donors (Lipinski definition) is 1. The normalized spacial score (nSPS) is 14.1. The third-order valence-corrected chi connectivity index (χ3v) is 8.43. The number of nitrogens with zero attached hydrogens (tertiary/aromatic N) is 1. The van der Waals surface area contributed by atoms with Gasteiger partial charge in [-0.2, -0.15) is 4.31 Å². The summed E-state index contributed by atoms with van der Waals surface area (Å²) in [5.74, 6) is -1.04. The van der Waals surface area contributed by atoms with Crippen LogP contribution >= 0.6 is 23.2 Å². The Hall–Kier alpha value is -3.11. The molecule has 1 N–H and O–H groups in total. The molecule has 11 heteroatoms. The molecule has 1 aliphatic heterocycles. The van der Waals surface area contributed by atoms with Gasteiger partial charge in [0, 0.05) is 34.4 Å². The molecule has 0 bridgehead atoms. The number of ether oxygens (including phenoxy) is 2. The number of carbonyl (C=O) groups is 2. The van der Waals surface area contributed by atoms with Crippen molar-refractivity contribution in [3.63, 3.8) is 0 Å². The second-order valence-electron chi connectivity index (χ2n) is 8.63. The summed E-state index contributed by atoms with van der Waals surface area (Å²) in [5, 5.41) is 3.53. The lowest BCUT2D eigenvalue weighted by molar-refractivity contribution is -0.119. The van der Waals surface area contributed by atoms with Gasteiger partial charge in [0.05, 0.1) is 4.90 Å². The van der Waals surface area contributed by atoms with Gasteiger partial charge in [-0.25, -0.2) is 13.2 Å². The number of esters is 1. The van der Waals surface area contributed by atoms with E-state index in [2.05, 4.69) is 5.32 Å². The van der Waals surface area contributed by atoms with Crippen molar-refractivity contribution in [3.8, 4) is 5.75 Å². The van der Waals surface area contributed by atoms with Crippen LogP contribution in [0.4, 0.5) is 5.69 Å². The summed E-state index contributed by atoms with van der Waals surface area (Å²) in [6, 6.07) is 17.4. The van der Waals surface area contributed by atoms with Crippen molar-refractivity contribution in [2.24, 2.45) is 0 Å². The maximum absolute atomic E-state index is 12.8. The number of anilines is 1. The number of hydrogen-bond acceptors (Lipinski definition) is 6. The highest BCUT2D eigenvalue weighted by molar-refractivity contribution is 7.89. The number of piperidine rings is 1. The Morgan fingerprint density at radius 3 is 2.34 bits per heavy atom. The van der Waals surface area contributed by atoms with Gasteiger partial charge in [0.2, 0.25) is 10.0 Å². The fourth-order valence-corrected chi connectivity index (χ4v) is 5.91. The summed E-state index contributed by atoms with van der Waals surface area (Å²) in [6.07, 6.45) is 2.72. The maximum atomic E-state index is 12.8. The van der Waals surface area contributed by atoms with Crippen molar-refractivity contribution >= 4 is 50.8 Å². The minimum atomic E-state index is -3.56. The molecule has 0 aromatic heterocycles. The average Bonchev–Trinajstić information content (AvgIpc) is 2.92. The molecule has 3 aromatic rings. The Morgan fingerprint density at radius 1 is 0.921 bits per heavy atom. The summed E-state index contributed by atoms with van der Waals surface area (Å²) in [5.41, 5.74) is 1.22. The van der Waals surface area contributed by atoms with Gasteiger partial charge in [-0.05, 0) is 61.4 Å². The first-order chi connectivity index (χ1) is 18.2. The van der Waals surface area contributed by atoms with Crippen LogP contribution in [0.25, 0.3) is 0 Å². The van der Waals surface area contributed by atoms with Gasteiger partial charge in [-0.3, -0.25) is 4.79 Å². The van der Waals surface area contributed by atoms with Crippen LogP contribution in [0.1, 0.15) is 35.2 Å². The van der Waals surface area contributed by atoms with Crippen LogP contribution in [0.3, 0.4) is 0 Å². The molecule has 0 saturated carbocycles. The van der Waals surface area contributed by atoms with Gasteiger partial charge in [-0.1, -0.05) is 47.8 Å². The number of sulfonamides is 1. The van der Waals surface area contributed by atoms with Crippen LogP contribution in [0, 0.1) is 0 Å². The van der Waals surface area contributed by atoms with E-state index in [1.165, 1.54) is 34.6 Å². The zero-order valence-electron chi connectivity index (χ0n) is 20.4. The van der Waals surface area contributed by atoms with Crippen molar-refractivity contribution in [2.75, 3.05) is 25.0 Å². The molecule has 1 saturated heterocycles. The molecule has 1 heterocycles. The van der Waals surface area contributed by atoms with Gasteiger partial charge in [0.1, 0.15) is 17.9 Å². The molecule has 8 nitrogen and oxygen atoms in total. The van der Waals surface area contributed by atoms with E-state index in [4.69, 9.17) is 32.7 Å². The number of rotatable bonds is 9. The Morgan fingerprint density at radius 2 is 1.63 bits per heavy atom. The minimum Gasteiger partial charge on any atom is -0.488 e. The fraction of sp³-hybridized carbons (Fsp3) is 0.259. The molecule has 0 radical (unpaired) electrons. The molecule has 0 atom stereocenters. The predicted octanol–water partition coefficient (Wildman–Crippen LogP) is 5.54. The van der Waals surface area contributed by atoms with Crippen molar-refractivity contribution in [2.45, 2.75) is 30.8 Å². The zero-order valence-corrected chi connectivity index (χ0v) is 22.7. The van der Waals surface area contributed by atoms with Crippen LogP contribution in [-0.2, 0) is 26.2 Å². The van der Waals surface area contributed by atoms with Gasteiger partial charge in [0.15, 0.2) is 6.61 Å². The third-order valence-electron chi connectivity index (χ3n) is 5.93. The highest BCUT2D eigenvalue weighted by atomic mass is 35.5. The number of halogens is 2. The first-order valence-electron chi connectivity index (χ1n) is 12.0. The molecular formula is C27H26Cl2N2O6S. The van der Waals surface area contributed by atoms with Crippen LogP contribution in [0.15, 0.2) is 71.6 Å². The lowest BCUT2D eigenvalue weighted by Crippen LogP contribution is -2.35. The second-order valence-corrected chi connectivity index (χ2v) is 11.4. The van der Waals surface area contributed by atoms with Crippen LogP contribution in [0.2, 0.25) is 10.0 Å². The molecule has 0 unspecified atom stereocenters. The molecule has 1 fully saturated rings. The molecule has 0 aliphatic carbocycles. The first kappa shape index (κ1) is 27.9. The Labute approximate surface area is 231 Å². The summed E-state index contributed by atoms with van der Waals surface area (Å²) in [7, 11) is -3.56. The summed E-state index contributed by atoms with van der Waals surface area (Å²) >= 11 is 12.1. The lowest BCUT2D eigenvalue weighted by Gasteiger charge is -2.25. The number of amides is 1. The number of benzene rings is 3. The smallest absolute Gasteiger partial charge is 0.342 e. The zero-order chi connectivity index (χ0) is 27.1. The molecule has 0 spiro atoms. The molecule has 4 rings (SSSR count). The van der Waals surface area contributed by atoms with E-state index < -0.39 is 28.5 Å². The third kappa shape index (κ3) is 7.05. The van der Waals surface area contributed by atoms with E-state index in [0.29, 0.717) is 34.4 Å². The summed E-state index contributed by atoms with van der Waals surface area (Å²) in [6.45, 7) is 0.582. The molecule has 1 aliphatic rings. The minimum absolute atomic E-state index is 0.101. The highest BCUT2D eigenvalue weighted by Gasteiger charge is 2.25. The Kier molecular flexibility index (Phi) is 9.27. The van der Waals surface area contributed by atoms with Gasteiger partial charge in [-0.15, -0.1) is 0 Å². The van der Waals surface area contributed by atoms with Crippen molar-refractivity contribution in [1.29, 1.82) is 0 Å². The van der Waals surface area contributed by atoms with E-state index in [0.717, 1.165) is 19.3 Å². The van der Waals surface area contributed by atoms with E-state index in [1.54, 1.807) is 36.4 Å². The van der Waals surface area contributed by atoms with Gasteiger partial charge < -0.3 is 14.8 Å². The van der Waals surface area contributed by atoms with E-state index in [-0.39, 0.29) is 22.8 Å². The van der Waals surface area contributed by atoms with Crippen molar-refractivity contribution < 1.29 is 27.5 Å². The fourth-order valence-electron chi connectivity index (χ4n) is 3.93. The van der Waals surface area contributed by atoms with E-state index in [1.807, 2.05) is 0 Å². The molecule has 3 aromatic carbocycles. The Balaban J connectivity index is 1.31. The summed E-state index contributed by atoms with van der Waals surface area (Å²) in [4.78, 5) is 25.2. The lowest BCUT2D eigenvalue weighted by atomic mass is 10.2. The van der Waals surface area contributed by atoms with Gasteiger partial charge >= 0.3 is 5.97 Å². The molecule has 1 amide bonds.